The number of hydrogen-bond donors (Lipinski definition) is 1. The molecule has 0 bridgehead atoms. The molecule has 0 aliphatic heterocycles. The van der Waals surface area contributed by atoms with E-state index in [1.807, 2.05) is 50.4 Å². The van der Waals surface area contributed by atoms with Crippen molar-refractivity contribution >= 4 is 0 Å². The van der Waals surface area contributed by atoms with Crippen LogP contribution in [-0.4, -0.2) is 28.6 Å². The summed E-state index contributed by atoms with van der Waals surface area (Å²) in [5.41, 5.74) is 3.34. The topological polar surface area (TPSA) is 36.4 Å². The molecule has 1 aromatic carbocycles. The van der Waals surface area contributed by atoms with E-state index in [0.29, 0.717) is 6.54 Å². The Labute approximate surface area is 114 Å². The van der Waals surface area contributed by atoms with E-state index in [-0.39, 0.29) is 0 Å². The van der Waals surface area contributed by atoms with E-state index in [1.165, 1.54) is 5.56 Å². The van der Waals surface area contributed by atoms with Gasteiger partial charge in [-0.15, -0.1) is 0 Å². The van der Waals surface area contributed by atoms with Gasteiger partial charge >= 0.3 is 0 Å². The van der Waals surface area contributed by atoms with Gasteiger partial charge in [-0.05, 0) is 42.8 Å². The first-order chi connectivity index (χ1) is 9.16. The van der Waals surface area contributed by atoms with Crippen LogP contribution in [-0.2, 0) is 6.54 Å². The van der Waals surface area contributed by atoms with E-state index in [9.17, 15) is 5.11 Å². The number of pyridine rings is 1. The van der Waals surface area contributed by atoms with Crippen LogP contribution in [0.5, 0.6) is 0 Å². The molecule has 0 saturated carbocycles. The monoisotopic (exact) mass is 256 g/mol. The molecule has 1 N–H and O–H groups in total. The summed E-state index contributed by atoms with van der Waals surface area (Å²) in [6.07, 6.45) is 3.13. The van der Waals surface area contributed by atoms with Crippen molar-refractivity contribution < 1.29 is 5.11 Å². The van der Waals surface area contributed by atoms with Gasteiger partial charge in [0.15, 0.2) is 0 Å². The van der Waals surface area contributed by atoms with Gasteiger partial charge in [0, 0.05) is 25.5 Å². The van der Waals surface area contributed by atoms with Crippen molar-refractivity contribution in [3.05, 3.63) is 65.5 Å². The van der Waals surface area contributed by atoms with Crippen molar-refractivity contribution in [3.63, 3.8) is 0 Å². The molecule has 3 nitrogen and oxygen atoms in total. The van der Waals surface area contributed by atoms with Crippen molar-refractivity contribution in [1.29, 1.82) is 0 Å². The second-order valence-electron chi connectivity index (χ2n) is 4.92. The highest BCUT2D eigenvalue weighted by molar-refractivity contribution is 5.27. The van der Waals surface area contributed by atoms with Crippen LogP contribution in [0, 0.1) is 6.92 Å². The minimum atomic E-state index is -0.451. The molecule has 19 heavy (non-hydrogen) atoms. The smallest absolute Gasteiger partial charge is 0.0919 e. The molecule has 3 heteroatoms. The average Bonchev–Trinajstić information content (AvgIpc) is 2.40. The summed E-state index contributed by atoms with van der Waals surface area (Å²) in [7, 11) is 2.02. The molecular formula is C16H20N2O. The molecular weight excluding hydrogens is 236 g/mol. The fourth-order valence-corrected chi connectivity index (χ4v) is 2.22. The molecule has 2 rings (SSSR count). The fourth-order valence-electron chi connectivity index (χ4n) is 2.22. The van der Waals surface area contributed by atoms with E-state index >= 15 is 0 Å². The molecule has 0 aliphatic carbocycles. The molecule has 0 saturated heterocycles. The Morgan fingerprint density at radius 3 is 2.53 bits per heavy atom. The molecule has 100 valence electrons. The van der Waals surface area contributed by atoms with Crippen LogP contribution in [0.4, 0.5) is 0 Å². The Morgan fingerprint density at radius 2 is 1.84 bits per heavy atom. The predicted octanol–water partition coefficient (Wildman–Crippen LogP) is 2.56. The zero-order chi connectivity index (χ0) is 13.7. The summed E-state index contributed by atoms with van der Waals surface area (Å²) in [5, 5.41) is 10.3. The average molecular weight is 256 g/mol. The number of aromatic nitrogens is 1. The number of benzene rings is 1. The van der Waals surface area contributed by atoms with Crippen LogP contribution >= 0.6 is 0 Å². The second-order valence-corrected chi connectivity index (χ2v) is 4.92. The normalized spacial score (nSPS) is 12.6. The molecule has 0 fully saturated rings. The highest BCUT2D eigenvalue weighted by Gasteiger charge is 2.12. The van der Waals surface area contributed by atoms with Gasteiger partial charge in [-0.25, -0.2) is 0 Å². The number of rotatable bonds is 5. The molecule has 0 amide bonds. The molecule has 0 aliphatic rings. The summed E-state index contributed by atoms with van der Waals surface area (Å²) in [6.45, 7) is 3.46. The standard InChI is InChI=1S/C16H20N2O/c1-13-5-3-4-6-15(13)16(19)12-18(2)11-14-7-9-17-10-8-14/h3-10,16,19H,11-12H2,1-2H3. The SMILES string of the molecule is Cc1ccccc1C(O)CN(C)Cc1ccncc1. The Balaban J connectivity index is 1.96. The van der Waals surface area contributed by atoms with Crippen molar-refractivity contribution in [2.45, 2.75) is 19.6 Å². The van der Waals surface area contributed by atoms with Gasteiger partial charge in [0.25, 0.3) is 0 Å². The number of aliphatic hydroxyl groups excluding tert-OH is 1. The lowest BCUT2D eigenvalue weighted by Gasteiger charge is -2.21. The van der Waals surface area contributed by atoms with Crippen LogP contribution in [0.2, 0.25) is 0 Å². The first kappa shape index (κ1) is 13.7. The first-order valence-corrected chi connectivity index (χ1v) is 6.48. The quantitative estimate of drug-likeness (QED) is 0.893. The lowest BCUT2D eigenvalue weighted by atomic mass is 10.0. The van der Waals surface area contributed by atoms with Gasteiger partial charge in [0.2, 0.25) is 0 Å². The summed E-state index contributed by atoms with van der Waals surface area (Å²) in [5.74, 6) is 0. The van der Waals surface area contributed by atoms with Crippen LogP contribution in [0.15, 0.2) is 48.8 Å². The van der Waals surface area contributed by atoms with Gasteiger partial charge in [0.1, 0.15) is 0 Å². The van der Waals surface area contributed by atoms with Crippen molar-refractivity contribution in [1.82, 2.24) is 9.88 Å². The Hall–Kier alpha value is -1.71. The Bertz CT molecular complexity index is 513. The molecule has 0 spiro atoms. The Morgan fingerprint density at radius 1 is 1.16 bits per heavy atom. The summed E-state index contributed by atoms with van der Waals surface area (Å²) < 4.78 is 0. The Kier molecular flexibility index (Phi) is 4.66. The highest BCUT2D eigenvalue weighted by atomic mass is 16.3. The van der Waals surface area contributed by atoms with Crippen LogP contribution in [0.3, 0.4) is 0 Å². The van der Waals surface area contributed by atoms with Gasteiger partial charge in [-0.1, -0.05) is 24.3 Å². The number of likely N-dealkylation sites (N-methyl/N-ethyl adjacent to an activating group) is 1. The van der Waals surface area contributed by atoms with Gasteiger partial charge in [0.05, 0.1) is 6.10 Å². The van der Waals surface area contributed by atoms with E-state index in [2.05, 4.69) is 9.88 Å². The van der Waals surface area contributed by atoms with Gasteiger partial charge in [-0.3, -0.25) is 9.88 Å². The van der Waals surface area contributed by atoms with E-state index in [4.69, 9.17) is 0 Å². The zero-order valence-electron chi connectivity index (χ0n) is 11.5. The largest absolute Gasteiger partial charge is 0.387 e. The second kappa shape index (κ2) is 6.45. The molecule has 1 heterocycles. The zero-order valence-corrected chi connectivity index (χ0v) is 11.5. The van der Waals surface area contributed by atoms with E-state index in [1.54, 1.807) is 12.4 Å². The number of nitrogens with zero attached hydrogens (tertiary/aromatic N) is 2. The number of aliphatic hydroxyl groups is 1. The van der Waals surface area contributed by atoms with Crippen molar-refractivity contribution in [3.8, 4) is 0 Å². The summed E-state index contributed by atoms with van der Waals surface area (Å²) in [6, 6.07) is 12.0. The summed E-state index contributed by atoms with van der Waals surface area (Å²) in [4.78, 5) is 6.12. The number of aryl methyl sites for hydroxylation is 1. The maximum Gasteiger partial charge on any atom is 0.0919 e. The minimum Gasteiger partial charge on any atom is -0.387 e. The summed E-state index contributed by atoms with van der Waals surface area (Å²) >= 11 is 0. The van der Waals surface area contributed by atoms with Crippen LogP contribution < -0.4 is 0 Å². The molecule has 1 unspecified atom stereocenters. The van der Waals surface area contributed by atoms with Gasteiger partial charge < -0.3 is 5.11 Å². The number of hydrogen-bond acceptors (Lipinski definition) is 3. The third-order valence-corrected chi connectivity index (χ3v) is 3.23. The van der Waals surface area contributed by atoms with Gasteiger partial charge in [-0.2, -0.15) is 0 Å². The van der Waals surface area contributed by atoms with Crippen LogP contribution in [0.1, 0.15) is 22.8 Å². The van der Waals surface area contributed by atoms with Crippen LogP contribution in [0.25, 0.3) is 0 Å². The maximum absolute atomic E-state index is 10.3. The lowest BCUT2D eigenvalue weighted by Crippen LogP contribution is -2.24. The van der Waals surface area contributed by atoms with Crippen molar-refractivity contribution in [2.24, 2.45) is 0 Å². The molecule has 1 aromatic heterocycles. The molecule has 0 radical (unpaired) electrons. The third kappa shape index (κ3) is 3.88. The predicted molar refractivity (Wildman–Crippen MR) is 76.7 cm³/mol. The minimum absolute atomic E-state index is 0.451. The fraction of sp³-hybridized carbons (Fsp3) is 0.312. The first-order valence-electron chi connectivity index (χ1n) is 6.48. The van der Waals surface area contributed by atoms with E-state index < -0.39 is 6.10 Å². The lowest BCUT2D eigenvalue weighted by molar-refractivity contribution is 0.123. The highest BCUT2D eigenvalue weighted by Crippen LogP contribution is 2.18. The molecule has 2 aromatic rings. The van der Waals surface area contributed by atoms with E-state index in [0.717, 1.165) is 17.7 Å². The van der Waals surface area contributed by atoms with Crippen molar-refractivity contribution in [2.75, 3.05) is 13.6 Å². The molecule has 1 atom stereocenters. The maximum atomic E-state index is 10.3. The third-order valence-electron chi connectivity index (χ3n) is 3.23.